The Morgan fingerprint density at radius 1 is 1.16 bits per heavy atom. The quantitative estimate of drug-likeness (QED) is 0.549. The molecule has 0 saturated carbocycles. The van der Waals surface area contributed by atoms with E-state index in [1.54, 1.807) is 19.9 Å². The molecule has 106 valence electrons. The number of esters is 2. The van der Waals surface area contributed by atoms with Crippen molar-refractivity contribution in [3.63, 3.8) is 0 Å². The third-order valence-electron chi connectivity index (χ3n) is 2.90. The van der Waals surface area contributed by atoms with Gasteiger partial charge in [-0.15, -0.1) is 0 Å². The Morgan fingerprint density at radius 2 is 1.74 bits per heavy atom. The van der Waals surface area contributed by atoms with E-state index in [2.05, 4.69) is 14.8 Å². The van der Waals surface area contributed by atoms with Gasteiger partial charge in [-0.1, -0.05) is 0 Å². The molecule has 4 nitrogen and oxygen atoms in total. The van der Waals surface area contributed by atoms with Crippen LogP contribution in [-0.4, -0.2) is 43.5 Å². The first-order valence-electron chi connectivity index (χ1n) is 6.59. The summed E-state index contributed by atoms with van der Waals surface area (Å²) < 4.78 is 11.2. The molecule has 1 aliphatic rings. The molecule has 1 unspecified atom stereocenters. The fourth-order valence-electron chi connectivity index (χ4n) is 2.07. The SMILES string of the molecule is CCOC(=O)C1=[C]([Sn]([CH3])([CH3])[CH3])C=CC1C(=O)OCC. The topological polar surface area (TPSA) is 52.6 Å². The van der Waals surface area contributed by atoms with Gasteiger partial charge in [0.2, 0.25) is 0 Å². The second-order valence-electron chi connectivity index (χ2n) is 5.39. The van der Waals surface area contributed by atoms with E-state index in [0.717, 1.165) is 3.59 Å². The van der Waals surface area contributed by atoms with Crippen molar-refractivity contribution < 1.29 is 19.1 Å². The Balaban J connectivity index is 3.15. The summed E-state index contributed by atoms with van der Waals surface area (Å²) in [5.74, 6) is -1.34. The molecule has 19 heavy (non-hydrogen) atoms. The fourth-order valence-corrected chi connectivity index (χ4v) is 6.82. The summed E-state index contributed by atoms with van der Waals surface area (Å²) in [4.78, 5) is 30.7. The second-order valence-corrected chi connectivity index (χ2v) is 19.8. The van der Waals surface area contributed by atoms with Crippen molar-refractivity contribution in [3.8, 4) is 0 Å². The van der Waals surface area contributed by atoms with Crippen molar-refractivity contribution in [2.75, 3.05) is 13.2 Å². The van der Waals surface area contributed by atoms with Crippen LogP contribution in [0.2, 0.25) is 14.8 Å². The number of carbonyl (C=O) groups is 2. The van der Waals surface area contributed by atoms with Crippen molar-refractivity contribution >= 4 is 30.3 Å². The molecule has 0 N–H and O–H groups in total. The number of hydrogen-bond acceptors (Lipinski definition) is 4. The zero-order valence-corrected chi connectivity index (χ0v) is 15.1. The van der Waals surface area contributed by atoms with Crippen molar-refractivity contribution in [3.05, 3.63) is 21.3 Å². The van der Waals surface area contributed by atoms with Crippen LogP contribution in [0.15, 0.2) is 21.3 Å². The summed E-state index contributed by atoms with van der Waals surface area (Å²) in [7, 11) is 0. The molecule has 0 heterocycles. The minimum atomic E-state index is -2.46. The third kappa shape index (κ3) is 3.84. The van der Waals surface area contributed by atoms with E-state index in [0.29, 0.717) is 18.8 Å². The van der Waals surface area contributed by atoms with Crippen molar-refractivity contribution in [2.45, 2.75) is 28.7 Å². The second kappa shape index (κ2) is 6.59. The van der Waals surface area contributed by atoms with Crippen LogP contribution in [0.4, 0.5) is 0 Å². The zero-order valence-electron chi connectivity index (χ0n) is 12.3. The maximum absolute atomic E-state index is 12.1. The molecule has 5 heteroatoms. The predicted molar refractivity (Wildman–Crippen MR) is 76.3 cm³/mol. The summed E-state index contributed by atoms with van der Waals surface area (Å²) in [6.07, 6.45) is 3.69. The fraction of sp³-hybridized carbons (Fsp3) is 0.571. The van der Waals surface area contributed by atoms with Gasteiger partial charge in [-0.25, -0.2) is 0 Å². The van der Waals surface area contributed by atoms with E-state index < -0.39 is 24.3 Å². The Labute approximate surface area is 118 Å². The van der Waals surface area contributed by atoms with Crippen LogP contribution in [0, 0.1) is 5.92 Å². The summed E-state index contributed by atoms with van der Waals surface area (Å²) in [5, 5.41) is 0. The van der Waals surface area contributed by atoms with Crippen LogP contribution in [0.1, 0.15) is 13.8 Å². The van der Waals surface area contributed by atoms with Crippen LogP contribution in [0.3, 0.4) is 0 Å². The molecule has 0 aromatic heterocycles. The average molecular weight is 373 g/mol. The van der Waals surface area contributed by atoms with Crippen LogP contribution < -0.4 is 0 Å². The van der Waals surface area contributed by atoms with Crippen LogP contribution >= 0.6 is 0 Å². The molecule has 0 aromatic carbocycles. The predicted octanol–water partition coefficient (Wildman–Crippen LogP) is 2.47. The Hall–Kier alpha value is -0.781. The Kier molecular flexibility index (Phi) is 5.64. The maximum atomic E-state index is 12.1. The first-order chi connectivity index (χ1) is 8.82. The summed E-state index contributed by atoms with van der Waals surface area (Å²) in [6.45, 7) is 4.15. The number of rotatable bonds is 5. The van der Waals surface area contributed by atoms with Gasteiger partial charge in [0.05, 0.1) is 0 Å². The van der Waals surface area contributed by atoms with Crippen molar-refractivity contribution in [1.82, 2.24) is 0 Å². The van der Waals surface area contributed by atoms with E-state index in [4.69, 9.17) is 9.47 Å². The summed E-state index contributed by atoms with van der Waals surface area (Å²) in [5.41, 5.74) is 0.503. The Bertz CT molecular complexity index is 429. The number of allylic oxidation sites excluding steroid dienone is 2. The molecule has 0 spiro atoms. The number of carbonyl (C=O) groups excluding carboxylic acids is 2. The van der Waals surface area contributed by atoms with Crippen molar-refractivity contribution in [2.24, 2.45) is 5.92 Å². The van der Waals surface area contributed by atoms with Gasteiger partial charge in [-0.2, -0.15) is 0 Å². The molecule has 0 fully saturated rings. The van der Waals surface area contributed by atoms with Crippen molar-refractivity contribution in [1.29, 1.82) is 0 Å². The van der Waals surface area contributed by atoms with Gasteiger partial charge in [0.25, 0.3) is 0 Å². The summed E-state index contributed by atoms with van der Waals surface area (Å²) in [6, 6.07) is 0. The van der Waals surface area contributed by atoms with Gasteiger partial charge in [-0.3, -0.25) is 0 Å². The zero-order chi connectivity index (χ0) is 14.6. The van der Waals surface area contributed by atoms with E-state index in [9.17, 15) is 9.59 Å². The first-order valence-corrected chi connectivity index (χ1v) is 16.6. The molecule has 1 atom stereocenters. The number of hydrogen-bond donors (Lipinski definition) is 0. The number of ether oxygens (including phenoxy) is 2. The van der Waals surface area contributed by atoms with Gasteiger partial charge in [0, 0.05) is 0 Å². The van der Waals surface area contributed by atoms with Crippen LogP contribution in [0.25, 0.3) is 0 Å². The monoisotopic (exact) mass is 374 g/mol. The molecule has 0 amide bonds. The molecule has 0 aliphatic heterocycles. The van der Waals surface area contributed by atoms with E-state index >= 15 is 0 Å². The average Bonchev–Trinajstić information content (AvgIpc) is 2.73. The minimum absolute atomic E-state index is 0.310. The van der Waals surface area contributed by atoms with Gasteiger partial charge < -0.3 is 0 Å². The van der Waals surface area contributed by atoms with E-state index in [1.165, 1.54) is 0 Å². The molecule has 1 rings (SSSR count). The van der Waals surface area contributed by atoms with Crippen LogP contribution in [-0.2, 0) is 19.1 Å². The Morgan fingerprint density at radius 3 is 2.21 bits per heavy atom. The van der Waals surface area contributed by atoms with Gasteiger partial charge in [0.1, 0.15) is 0 Å². The molecule has 0 bridgehead atoms. The van der Waals surface area contributed by atoms with E-state index in [-0.39, 0.29) is 11.9 Å². The molecular formula is C14H22O4Sn. The van der Waals surface area contributed by atoms with Gasteiger partial charge >= 0.3 is 118 Å². The third-order valence-corrected chi connectivity index (χ3v) is 8.76. The molecule has 0 aromatic rings. The van der Waals surface area contributed by atoms with Crippen LogP contribution in [0.5, 0.6) is 0 Å². The first kappa shape index (κ1) is 16.3. The van der Waals surface area contributed by atoms with Gasteiger partial charge in [0.15, 0.2) is 0 Å². The molecular weight excluding hydrogens is 351 g/mol. The molecule has 1 aliphatic carbocycles. The normalized spacial score (nSPS) is 18.7. The summed E-state index contributed by atoms with van der Waals surface area (Å²) >= 11 is -2.46. The van der Waals surface area contributed by atoms with E-state index in [1.807, 2.05) is 6.08 Å². The standard InChI is InChI=1S/C11H13O4.3CH3.Sn/c1-3-14-10(12)8-6-5-7-9(8)11(13)15-4-2;;;;/h5-6,8H,3-4H2,1-2H3;3*1H3;. The molecule has 0 saturated heterocycles. The molecule has 0 radical (unpaired) electrons. The van der Waals surface area contributed by atoms with Gasteiger partial charge in [-0.05, 0) is 0 Å².